The van der Waals surface area contributed by atoms with Crippen molar-refractivity contribution >= 4 is 46.3 Å². The van der Waals surface area contributed by atoms with E-state index in [9.17, 15) is 9.59 Å². The third-order valence-corrected chi connectivity index (χ3v) is 6.69. The summed E-state index contributed by atoms with van der Waals surface area (Å²) in [5.74, 6) is 0.423. The predicted molar refractivity (Wildman–Crippen MR) is 139 cm³/mol. The van der Waals surface area contributed by atoms with E-state index < -0.39 is 11.2 Å². The highest BCUT2D eigenvalue weighted by Crippen LogP contribution is 2.32. The van der Waals surface area contributed by atoms with Crippen molar-refractivity contribution in [1.82, 2.24) is 23.7 Å². The second kappa shape index (κ2) is 9.35. The van der Waals surface area contributed by atoms with E-state index in [1.165, 1.54) is 11.6 Å². The van der Waals surface area contributed by atoms with E-state index >= 15 is 0 Å². The molecular formula is C24H18Cl2N6O2S. The van der Waals surface area contributed by atoms with Crippen molar-refractivity contribution in [3.8, 4) is 17.1 Å². The van der Waals surface area contributed by atoms with Crippen LogP contribution in [0.3, 0.4) is 0 Å². The Morgan fingerprint density at radius 3 is 2.40 bits per heavy atom. The van der Waals surface area contributed by atoms with E-state index in [4.69, 9.17) is 33.3 Å². The molecule has 0 fully saturated rings. The summed E-state index contributed by atoms with van der Waals surface area (Å²) in [6.45, 7) is 0.110. The minimum atomic E-state index is -0.506. The molecule has 35 heavy (non-hydrogen) atoms. The monoisotopic (exact) mass is 524 g/mol. The van der Waals surface area contributed by atoms with Crippen molar-refractivity contribution in [2.24, 2.45) is 12.2 Å². The number of aromatic nitrogens is 5. The fourth-order valence-corrected chi connectivity index (χ4v) is 4.46. The predicted octanol–water partition coefficient (Wildman–Crippen LogP) is 4.27. The topological polar surface area (TPSA) is 101 Å². The van der Waals surface area contributed by atoms with Crippen LogP contribution in [-0.2, 0) is 13.6 Å². The molecule has 2 N–H and O–H groups in total. The normalized spacial score (nSPS) is 11.3. The van der Waals surface area contributed by atoms with Crippen LogP contribution >= 0.6 is 35.1 Å². The highest BCUT2D eigenvalue weighted by molar-refractivity contribution is 7.97. The maximum atomic E-state index is 13.4. The first-order valence-electron chi connectivity index (χ1n) is 10.4. The van der Waals surface area contributed by atoms with Gasteiger partial charge in [0.15, 0.2) is 11.2 Å². The second-order valence-electron chi connectivity index (χ2n) is 7.74. The average molecular weight is 525 g/mol. The van der Waals surface area contributed by atoms with Crippen molar-refractivity contribution in [3.05, 3.63) is 103 Å². The molecule has 0 unspecified atom stereocenters. The number of hydrogen-bond donors (Lipinski definition) is 1. The summed E-state index contributed by atoms with van der Waals surface area (Å²) in [6.07, 6.45) is 1.63. The Labute approximate surface area is 213 Å². The van der Waals surface area contributed by atoms with Crippen LogP contribution in [-0.4, -0.2) is 23.7 Å². The zero-order chi connectivity index (χ0) is 24.7. The van der Waals surface area contributed by atoms with E-state index in [0.29, 0.717) is 32.8 Å². The van der Waals surface area contributed by atoms with Gasteiger partial charge in [-0.25, -0.2) is 9.78 Å². The standard InChI is InChI=1S/C24H18Cl2N6O2S/c1-30-23(33)20-22(31(24(30)34)13-15-8-11-17(35-27)12-28-15)29-21(18-4-2-3-5-19(18)26)32(20)16-9-6-14(25)7-10-16/h2-12H,13,27H2,1H3. The lowest BCUT2D eigenvalue weighted by atomic mass is 10.2. The third-order valence-electron chi connectivity index (χ3n) is 5.59. The van der Waals surface area contributed by atoms with Gasteiger partial charge in [0.1, 0.15) is 5.82 Å². The van der Waals surface area contributed by atoms with E-state index in [1.807, 2.05) is 24.3 Å². The Kier molecular flexibility index (Phi) is 6.24. The number of halogens is 2. The number of fused-ring (bicyclic) bond motifs is 1. The van der Waals surface area contributed by atoms with E-state index in [0.717, 1.165) is 21.4 Å². The van der Waals surface area contributed by atoms with Gasteiger partial charge in [-0.05, 0) is 60.5 Å². The number of nitrogens with zero attached hydrogens (tertiary/aromatic N) is 5. The molecule has 0 aliphatic rings. The van der Waals surface area contributed by atoms with Gasteiger partial charge >= 0.3 is 5.69 Å². The van der Waals surface area contributed by atoms with Crippen LogP contribution in [0, 0.1) is 0 Å². The molecule has 5 aromatic rings. The minimum Gasteiger partial charge on any atom is -0.286 e. The molecule has 0 radical (unpaired) electrons. The van der Waals surface area contributed by atoms with Crippen molar-refractivity contribution in [1.29, 1.82) is 0 Å². The largest absolute Gasteiger partial charge is 0.332 e. The van der Waals surface area contributed by atoms with Crippen LogP contribution in [0.15, 0.2) is 81.3 Å². The van der Waals surface area contributed by atoms with Crippen LogP contribution in [0.2, 0.25) is 10.0 Å². The Bertz CT molecular complexity index is 1670. The number of hydrogen-bond acceptors (Lipinski definition) is 6. The maximum Gasteiger partial charge on any atom is 0.332 e. The summed E-state index contributed by atoms with van der Waals surface area (Å²) in [6, 6.07) is 17.8. The van der Waals surface area contributed by atoms with Gasteiger partial charge in [0, 0.05) is 34.4 Å². The van der Waals surface area contributed by atoms with Crippen LogP contribution in [0.5, 0.6) is 0 Å². The van der Waals surface area contributed by atoms with Gasteiger partial charge < -0.3 is 0 Å². The van der Waals surface area contributed by atoms with E-state index in [-0.39, 0.29) is 17.7 Å². The molecule has 0 aliphatic carbocycles. The number of rotatable bonds is 5. The maximum absolute atomic E-state index is 13.4. The molecule has 5 rings (SSSR count). The Balaban J connectivity index is 1.85. The third kappa shape index (κ3) is 4.17. The number of benzene rings is 2. The van der Waals surface area contributed by atoms with Crippen molar-refractivity contribution in [2.75, 3.05) is 0 Å². The average Bonchev–Trinajstić information content (AvgIpc) is 3.26. The summed E-state index contributed by atoms with van der Waals surface area (Å²) in [4.78, 5) is 36.6. The molecule has 0 spiro atoms. The first-order valence-corrected chi connectivity index (χ1v) is 12.1. The van der Waals surface area contributed by atoms with Crippen LogP contribution < -0.4 is 16.4 Å². The van der Waals surface area contributed by atoms with Gasteiger partial charge in [0.2, 0.25) is 0 Å². The molecule has 3 heterocycles. The van der Waals surface area contributed by atoms with Gasteiger partial charge in [-0.2, -0.15) is 0 Å². The van der Waals surface area contributed by atoms with Gasteiger partial charge in [-0.1, -0.05) is 35.3 Å². The molecule has 2 aromatic carbocycles. The molecule has 0 saturated heterocycles. The van der Waals surface area contributed by atoms with Crippen molar-refractivity contribution in [3.63, 3.8) is 0 Å². The van der Waals surface area contributed by atoms with E-state index in [1.54, 1.807) is 47.2 Å². The SMILES string of the molecule is Cn1c(=O)c2c(nc(-c3ccccc3Cl)n2-c2ccc(Cl)cc2)n(Cc2ccc(SN)cn2)c1=O. The van der Waals surface area contributed by atoms with Crippen LogP contribution in [0.1, 0.15) is 5.69 Å². The first kappa shape index (κ1) is 23.4. The summed E-state index contributed by atoms with van der Waals surface area (Å²) < 4.78 is 4.20. The Morgan fingerprint density at radius 1 is 1.00 bits per heavy atom. The van der Waals surface area contributed by atoms with E-state index in [2.05, 4.69) is 4.98 Å². The molecule has 0 atom stereocenters. The summed E-state index contributed by atoms with van der Waals surface area (Å²) in [5.41, 5.74) is 1.35. The summed E-state index contributed by atoms with van der Waals surface area (Å²) in [7, 11) is 1.44. The lowest BCUT2D eigenvalue weighted by Gasteiger charge is -2.12. The molecule has 3 aromatic heterocycles. The summed E-state index contributed by atoms with van der Waals surface area (Å²) >= 11 is 13.7. The lowest BCUT2D eigenvalue weighted by Crippen LogP contribution is -2.39. The lowest BCUT2D eigenvalue weighted by molar-refractivity contribution is 0.659. The molecule has 0 amide bonds. The van der Waals surface area contributed by atoms with Gasteiger partial charge in [-0.3, -0.25) is 28.6 Å². The highest BCUT2D eigenvalue weighted by atomic mass is 35.5. The minimum absolute atomic E-state index is 0.110. The second-order valence-corrected chi connectivity index (χ2v) is 9.29. The fourth-order valence-electron chi connectivity index (χ4n) is 3.85. The van der Waals surface area contributed by atoms with Gasteiger partial charge in [-0.15, -0.1) is 0 Å². The number of pyridine rings is 1. The molecular weight excluding hydrogens is 507 g/mol. The molecule has 176 valence electrons. The zero-order valence-electron chi connectivity index (χ0n) is 18.4. The highest BCUT2D eigenvalue weighted by Gasteiger charge is 2.23. The Hall–Kier alpha value is -3.37. The van der Waals surface area contributed by atoms with Crippen molar-refractivity contribution < 1.29 is 0 Å². The smallest absolute Gasteiger partial charge is 0.286 e. The van der Waals surface area contributed by atoms with Crippen molar-refractivity contribution in [2.45, 2.75) is 11.4 Å². The number of imidazole rings is 1. The fraction of sp³-hybridized carbons (Fsp3) is 0.0833. The quantitative estimate of drug-likeness (QED) is 0.344. The molecule has 0 bridgehead atoms. The number of nitrogens with two attached hydrogens (primary N) is 1. The molecule has 0 saturated carbocycles. The summed E-state index contributed by atoms with van der Waals surface area (Å²) in [5, 5.41) is 6.60. The Morgan fingerprint density at radius 2 is 1.74 bits per heavy atom. The molecule has 0 aliphatic heterocycles. The van der Waals surface area contributed by atoms with Gasteiger partial charge in [0.05, 0.1) is 17.3 Å². The van der Waals surface area contributed by atoms with Crippen LogP contribution in [0.25, 0.3) is 28.2 Å². The molecule has 11 heteroatoms. The first-order chi connectivity index (χ1) is 16.9. The molecule has 8 nitrogen and oxygen atoms in total. The zero-order valence-corrected chi connectivity index (χ0v) is 20.7. The van der Waals surface area contributed by atoms with Crippen LogP contribution in [0.4, 0.5) is 0 Å². The van der Waals surface area contributed by atoms with Gasteiger partial charge in [0.25, 0.3) is 5.56 Å².